The van der Waals surface area contributed by atoms with E-state index in [1.54, 1.807) is 0 Å². The molecule has 1 amide bonds. The summed E-state index contributed by atoms with van der Waals surface area (Å²) in [6, 6.07) is 0.171. The first-order valence-electron chi connectivity index (χ1n) is 7.58. The number of likely N-dealkylation sites (N-methyl/N-ethyl adjacent to an activating group) is 1. The molecule has 0 aromatic rings. The van der Waals surface area contributed by atoms with Crippen molar-refractivity contribution < 1.29 is 9.90 Å². The predicted molar refractivity (Wildman–Crippen MR) is 78.0 cm³/mol. The van der Waals surface area contributed by atoms with Crippen LogP contribution in [0.2, 0.25) is 0 Å². The normalized spacial score (nSPS) is 27.8. The minimum Gasteiger partial charge on any atom is -0.389 e. The average molecular weight is 270 g/mol. The lowest BCUT2D eigenvalue weighted by molar-refractivity contribution is -0.123. The van der Waals surface area contributed by atoms with Gasteiger partial charge in [-0.2, -0.15) is 0 Å². The highest BCUT2D eigenvalue weighted by molar-refractivity contribution is 5.78. The number of hydrogen-bond acceptors (Lipinski definition) is 3. The van der Waals surface area contributed by atoms with Gasteiger partial charge in [0.2, 0.25) is 5.91 Å². The van der Waals surface area contributed by atoms with E-state index in [0.717, 1.165) is 38.1 Å². The molecule has 4 heteroatoms. The average Bonchev–Trinajstić information content (AvgIpc) is 2.31. The van der Waals surface area contributed by atoms with Gasteiger partial charge in [0.1, 0.15) is 0 Å². The number of hydrogen-bond donors (Lipinski definition) is 2. The zero-order chi connectivity index (χ0) is 14.5. The van der Waals surface area contributed by atoms with Crippen LogP contribution in [-0.2, 0) is 4.79 Å². The van der Waals surface area contributed by atoms with Crippen LogP contribution in [0.1, 0.15) is 53.4 Å². The van der Waals surface area contributed by atoms with Gasteiger partial charge in [-0.05, 0) is 52.0 Å². The van der Waals surface area contributed by atoms with Crippen LogP contribution in [0.3, 0.4) is 0 Å². The first kappa shape index (κ1) is 16.4. The Hall–Kier alpha value is -0.610. The highest BCUT2D eigenvalue weighted by atomic mass is 16.3. The molecule has 19 heavy (non-hydrogen) atoms. The highest BCUT2D eigenvalue weighted by Crippen LogP contribution is 2.32. The van der Waals surface area contributed by atoms with Gasteiger partial charge in [-0.3, -0.25) is 9.69 Å². The van der Waals surface area contributed by atoms with Crippen molar-refractivity contribution in [2.24, 2.45) is 5.92 Å². The van der Waals surface area contributed by atoms with Gasteiger partial charge in [0.15, 0.2) is 0 Å². The maximum Gasteiger partial charge on any atom is 0.234 e. The quantitative estimate of drug-likeness (QED) is 0.773. The van der Waals surface area contributed by atoms with Crippen molar-refractivity contribution in [1.29, 1.82) is 0 Å². The summed E-state index contributed by atoms with van der Waals surface area (Å²) >= 11 is 0. The smallest absolute Gasteiger partial charge is 0.234 e. The van der Waals surface area contributed by atoms with E-state index in [9.17, 15) is 9.90 Å². The molecule has 1 rings (SSSR count). The summed E-state index contributed by atoms with van der Waals surface area (Å²) < 4.78 is 0. The van der Waals surface area contributed by atoms with Crippen LogP contribution in [0.15, 0.2) is 0 Å². The van der Waals surface area contributed by atoms with Crippen LogP contribution in [0, 0.1) is 5.92 Å². The minimum absolute atomic E-state index is 0.0460. The van der Waals surface area contributed by atoms with Crippen LogP contribution in [0.5, 0.6) is 0 Å². The van der Waals surface area contributed by atoms with Crippen molar-refractivity contribution in [2.75, 3.05) is 19.6 Å². The van der Waals surface area contributed by atoms with E-state index in [1.807, 2.05) is 25.7 Å². The molecule has 1 fully saturated rings. The zero-order valence-electron chi connectivity index (χ0n) is 12.9. The third-order valence-electron chi connectivity index (χ3n) is 3.99. The lowest BCUT2D eigenvalue weighted by atomic mass is 9.79. The molecule has 4 nitrogen and oxygen atoms in total. The van der Waals surface area contributed by atoms with Crippen LogP contribution >= 0.6 is 0 Å². The van der Waals surface area contributed by atoms with Crippen LogP contribution in [0.25, 0.3) is 0 Å². The molecule has 0 aromatic heterocycles. The number of carbonyl (C=O) groups excluding carboxylic acids is 1. The number of rotatable bonds is 6. The molecular formula is C15H30N2O2. The largest absolute Gasteiger partial charge is 0.389 e. The number of nitrogens with zero attached hydrogens (tertiary/aromatic N) is 1. The molecular weight excluding hydrogens is 240 g/mol. The molecule has 0 heterocycles. The molecule has 2 N–H and O–H groups in total. The van der Waals surface area contributed by atoms with Crippen molar-refractivity contribution in [3.8, 4) is 0 Å². The first-order valence-corrected chi connectivity index (χ1v) is 7.58. The first-order chi connectivity index (χ1) is 8.84. The Bertz CT molecular complexity index is 284. The van der Waals surface area contributed by atoms with Gasteiger partial charge < -0.3 is 10.4 Å². The van der Waals surface area contributed by atoms with E-state index in [-0.39, 0.29) is 11.9 Å². The molecule has 0 spiro atoms. The van der Waals surface area contributed by atoms with Crippen LogP contribution in [-0.4, -0.2) is 47.2 Å². The fraction of sp³-hybridized carbons (Fsp3) is 0.933. The molecule has 0 aromatic carbocycles. The summed E-state index contributed by atoms with van der Waals surface area (Å²) in [5.74, 6) is 0.768. The van der Waals surface area contributed by atoms with Crippen molar-refractivity contribution in [2.45, 2.75) is 65.0 Å². The monoisotopic (exact) mass is 270 g/mol. The molecule has 0 atom stereocenters. The van der Waals surface area contributed by atoms with E-state index < -0.39 is 5.60 Å². The molecule has 0 unspecified atom stereocenters. The summed E-state index contributed by atoms with van der Waals surface area (Å²) in [6.45, 7) is 10.00. The molecule has 0 aliphatic heterocycles. The maximum absolute atomic E-state index is 11.8. The standard InChI is InChI=1S/C15H30N2O2/c1-5-17(10-14(18)16-12(2)3)11-15(19)8-6-13(4)7-9-15/h12-13,19H,5-11H2,1-4H3,(H,16,18). The van der Waals surface area contributed by atoms with Gasteiger partial charge in [-0.15, -0.1) is 0 Å². The zero-order valence-corrected chi connectivity index (χ0v) is 12.9. The second-order valence-corrected chi connectivity index (χ2v) is 6.43. The van der Waals surface area contributed by atoms with Gasteiger partial charge in [-0.1, -0.05) is 13.8 Å². The lowest BCUT2D eigenvalue weighted by Crippen LogP contribution is -2.48. The van der Waals surface area contributed by atoms with Crippen molar-refractivity contribution >= 4 is 5.91 Å². The van der Waals surface area contributed by atoms with Crippen molar-refractivity contribution in [3.05, 3.63) is 0 Å². The van der Waals surface area contributed by atoms with Gasteiger partial charge in [0.05, 0.1) is 12.1 Å². The Labute approximate surface area is 117 Å². The lowest BCUT2D eigenvalue weighted by Gasteiger charge is -2.38. The third-order valence-corrected chi connectivity index (χ3v) is 3.99. The molecule has 112 valence electrons. The van der Waals surface area contributed by atoms with E-state index in [1.165, 1.54) is 0 Å². The Morgan fingerprint density at radius 2 is 2.00 bits per heavy atom. The van der Waals surface area contributed by atoms with Gasteiger partial charge in [0.25, 0.3) is 0 Å². The number of carbonyl (C=O) groups is 1. The second-order valence-electron chi connectivity index (χ2n) is 6.43. The van der Waals surface area contributed by atoms with E-state index in [2.05, 4.69) is 12.2 Å². The Kier molecular flexibility index (Phi) is 6.27. The fourth-order valence-electron chi connectivity index (χ4n) is 2.72. The SMILES string of the molecule is CCN(CC(=O)NC(C)C)CC1(O)CCC(C)CC1. The molecule has 0 bridgehead atoms. The molecule has 0 saturated heterocycles. The number of nitrogens with one attached hydrogen (secondary N) is 1. The predicted octanol–water partition coefficient (Wildman–Crippen LogP) is 1.77. The topological polar surface area (TPSA) is 52.6 Å². The second kappa shape index (κ2) is 7.25. The van der Waals surface area contributed by atoms with Gasteiger partial charge >= 0.3 is 0 Å². The molecule has 0 radical (unpaired) electrons. The summed E-state index contributed by atoms with van der Waals surface area (Å²) in [5, 5.41) is 13.5. The minimum atomic E-state index is -0.597. The summed E-state index contributed by atoms with van der Waals surface area (Å²) in [5.41, 5.74) is -0.597. The molecule has 1 saturated carbocycles. The Morgan fingerprint density at radius 3 is 2.47 bits per heavy atom. The number of amides is 1. The molecule has 1 aliphatic rings. The highest BCUT2D eigenvalue weighted by Gasteiger charge is 2.33. The summed E-state index contributed by atoms with van der Waals surface area (Å²) in [7, 11) is 0. The van der Waals surface area contributed by atoms with E-state index in [4.69, 9.17) is 0 Å². The number of aliphatic hydroxyl groups is 1. The van der Waals surface area contributed by atoms with Crippen molar-refractivity contribution in [1.82, 2.24) is 10.2 Å². The van der Waals surface area contributed by atoms with E-state index >= 15 is 0 Å². The van der Waals surface area contributed by atoms with E-state index in [0.29, 0.717) is 13.1 Å². The summed E-state index contributed by atoms with van der Waals surface area (Å²) in [6.07, 6.45) is 3.89. The van der Waals surface area contributed by atoms with Crippen molar-refractivity contribution in [3.63, 3.8) is 0 Å². The van der Waals surface area contributed by atoms with Gasteiger partial charge in [0, 0.05) is 12.6 Å². The Balaban J connectivity index is 2.45. The maximum atomic E-state index is 11.8. The van der Waals surface area contributed by atoms with Gasteiger partial charge in [-0.25, -0.2) is 0 Å². The Morgan fingerprint density at radius 1 is 1.42 bits per heavy atom. The van der Waals surface area contributed by atoms with Crippen LogP contribution < -0.4 is 5.32 Å². The van der Waals surface area contributed by atoms with Crippen LogP contribution in [0.4, 0.5) is 0 Å². The fourth-order valence-corrected chi connectivity index (χ4v) is 2.72. The molecule has 1 aliphatic carbocycles. The third kappa shape index (κ3) is 5.91. The summed E-state index contributed by atoms with van der Waals surface area (Å²) in [4.78, 5) is 13.8.